The summed E-state index contributed by atoms with van der Waals surface area (Å²) in [5.74, 6) is -0.632. The minimum atomic E-state index is -0.465. The molecule has 1 atom stereocenters. The average Bonchev–Trinajstić information content (AvgIpc) is 2.73. The first-order valence-electron chi connectivity index (χ1n) is 10.8. The molecule has 0 unspecified atom stereocenters. The van der Waals surface area contributed by atoms with Crippen molar-refractivity contribution in [1.29, 1.82) is 5.41 Å². The van der Waals surface area contributed by atoms with Crippen molar-refractivity contribution in [1.82, 2.24) is 10.2 Å². The lowest BCUT2D eigenvalue weighted by molar-refractivity contribution is 0.0678. The third-order valence-electron chi connectivity index (χ3n) is 5.84. The Morgan fingerprint density at radius 3 is 2.52 bits per heavy atom. The van der Waals surface area contributed by atoms with E-state index in [1.54, 1.807) is 24.3 Å². The summed E-state index contributed by atoms with van der Waals surface area (Å²) in [6, 6.07) is 9.82. The van der Waals surface area contributed by atoms with E-state index in [1.807, 2.05) is 38.7 Å². The standard InChI is InChI=1S/C25H30FN3O2/c1-5-28-24(30)19-7-8-20(22(26)14-19)17-6-9-21-18(13-17)10-11-29(25(21)31)16(4)12-23(27)15(2)3/h6-9,13-16,27H,5,10-12H2,1-4H3,(H,28,30)/t16-/m1/s1. The lowest BCUT2D eigenvalue weighted by Gasteiger charge is -2.34. The summed E-state index contributed by atoms with van der Waals surface area (Å²) in [4.78, 5) is 26.8. The quantitative estimate of drug-likeness (QED) is 0.634. The van der Waals surface area contributed by atoms with Crippen LogP contribution in [0.4, 0.5) is 4.39 Å². The van der Waals surface area contributed by atoms with Gasteiger partial charge in [-0.05, 0) is 55.5 Å². The van der Waals surface area contributed by atoms with Crippen LogP contribution in [0.15, 0.2) is 36.4 Å². The topological polar surface area (TPSA) is 73.3 Å². The highest BCUT2D eigenvalue weighted by atomic mass is 19.1. The Morgan fingerprint density at radius 1 is 1.16 bits per heavy atom. The first-order chi connectivity index (χ1) is 14.7. The van der Waals surface area contributed by atoms with E-state index in [2.05, 4.69) is 5.32 Å². The Hall–Kier alpha value is -3.02. The number of carbonyl (C=O) groups excluding carboxylic acids is 2. The van der Waals surface area contributed by atoms with E-state index >= 15 is 0 Å². The predicted octanol–water partition coefficient (Wildman–Crippen LogP) is 4.70. The van der Waals surface area contributed by atoms with Gasteiger partial charge >= 0.3 is 0 Å². The number of benzene rings is 2. The molecule has 0 saturated heterocycles. The Balaban J connectivity index is 1.82. The van der Waals surface area contributed by atoms with Crippen LogP contribution in [-0.4, -0.2) is 41.6 Å². The zero-order valence-electron chi connectivity index (χ0n) is 18.6. The van der Waals surface area contributed by atoms with Crippen LogP contribution in [0.25, 0.3) is 11.1 Å². The highest BCUT2D eigenvalue weighted by Gasteiger charge is 2.29. The third kappa shape index (κ3) is 4.84. The summed E-state index contributed by atoms with van der Waals surface area (Å²) in [6.07, 6.45) is 1.26. The normalized spacial score (nSPS) is 14.4. The molecule has 2 amide bonds. The van der Waals surface area contributed by atoms with Gasteiger partial charge in [0.1, 0.15) is 5.82 Å². The van der Waals surface area contributed by atoms with Crippen LogP contribution in [0.2, 0.25) is 0 Å². The summed E-state index contributed by atoms with van der Waals surface area (Å²) >= 11 is 0. The fraction of sp³-hybridized carbons (Fsp3) is 0.400. The molecule has 0 saturated carbocycles. The molecule has 2 N–H and O–H groups in total. The molecular formula is C25H30FN3O2. The second-order valence-corrected chi connectivity index (χ2v) is 8.41. The molecule has 6 heteroatoms. The Kier molecular flexibility index (Phi) is 6.88. The van der Waals surface area contributed by atoms with Gasteiger partial charge in [0.05, 0.1) is 0 Å². The molecule has 0 aromatic heterocycles. The molecule has 0 aliphatic carbocycles. The van der Waals surface area contributed by atoms with E-state index in [1.165, 1.54) is 6.07 Å². The summed E-state index contributed by atoms with van der Waals surface area (Å²) in [5, 5.41) is 10.8. The van der Waals surface area contributed by atoms with Gasteiger partial charge in [-0.15, -0.1) is 0 Å². The van der Waals surface area contributed by atoms with Gasteiger partial charge in [-0.3, -0.25) is 9.59 Å². The minimum Gasteiger partial charge on any atom is -0.352 e. The van der Waals surface area contributed by atoms with Crippen molar-refractivity contribution in [2.45, 2.75) is 46.6 Å². The number of fused-ring (bicyclic) bond motifs is 1. The van der Waals surface area contributed by atoms with Crippen LogP contribution in [0.5, 0.6) is 0 Å². The lowest BCUT2D eigenvalue weighted by Crippen LogP contribution is -2.44. The van der Waals surface area contributed by atoms with Gasteiger partial charge in [-0.2, -0.15) is 0 Å². The van der Waals surface area contributed by atoms with E-state index in [0.29, 0.717) is 48.3 Å². The molecule has 0 fully saturated rings. The predicted molar refractivity (Wildman–Crippen MR) is 121 cm³/mol. The number of nitrogens with zero attached hydrogens (tertiary/aromatic N) is 1. The lowest BCUT2D eigenvalue weighted by atomic mass is 9.92. The summed E-state index contributed by atoms with van der Waals surface area (Å²) in [7, 11) is 0. The highest BCUT2D eigenvalue weighted by molar-refractivity contribution is 5.98. The van der Waals surface area contributed by atoms with E-state index in [-0.39, 0.29) is 29.3 Å². The maximum absolute atomic E-state index is 14.7. The molecule has 164 valence electrons. The van der Waals surface area contributed by atoms with Gasteiger partial charge in [0.15, 0.2) is 0 Å². The number of hydrogen-bond acceptors (Lipinski definition) is 3. The fourth-order valence-corrected chi connectivity index (χ4v) is 3.91. The van der Waals surface area contributed by atoms with Crippen LogP contribution in [-0.2, 0) is 6.42 Å². The molecule has 2 aromatic rings. The first kappa shape index (κ1) is 22.7. The molecule has 2 aromatic carbocycles. The molecule has 1 aliphatic heterocycles. The van der Waals surface area contributed by atoms with Crippen LogP contribution in [0.3, 0.4) is 0 Å². The Bertz CT molecular complexity index is 1020. The van der Waals surface area contributed by atoms with Gasteiger partial charge in [0, 0.05) is 48.0 Å². The van der Waals surface area contributed by atoms with Crippen molar-refractivity contribution >= 4 is 17.5 Å². The van der Waals surface area contributed by atoms with E-state index in [9.17, 15) is 14.0 Å². The summed E-state index contributed by atoms with van der Waals surface area (Å²) in [6.45, 7) is 8.85. The van der Waals surface area contributed by atoms with Gasteiger partial charge in [0.25, 0.3) is 11.8 Å². The van der Waals surface area contributed by atoms with Crippen molar-refractivity contribution in [3.8, 4) is 11.1 Å². The maximum atomic E-state index is 14.7. The molecule has 0 bridgehead atoms. The van der Waals surface area contributed by atoms with Gasteiger partial charge in [0.2, 0.25) is 0 Å². The molecule has 0 spiro atoms. The summed E-state index contributed by atoms with van der Waals surface area (Å²) in [5.41, 5.74) is 3.56. The van der Waals surface area contributed by atoms with E-state index < -0.39 is 5.82 Å². The Morgan fingerprint density at radius 2 is 1.87 bits per heavy atom. The number of halogens is 1. The molecule has 3 rings (SSSR count). The molecule has 31 heavy (non-hydrogen) atoms. The molecule has 5 nitrogen and oxygen atoms in total. The van der Waals surface area contributed by atoms with Crippen LogP contribution in [0.1, 0.15) is 60.4 Å². The van der Waals surface area contributed by atoms with Gasteiger partial charge < -0.3 is 15.6 Å². The van der Waals surface area contributed by atoms with Crippen molar-refractivity contribution in [3.05, 3.63) is 58.9 Å². The van der Waals surface area contributed by atoms with Crippen molar-refractivity contribution in [2.24, 2.45) is 5.92 Å². The number of nitrogens with one attached hydrogen (secondary N) is 2. The molecule has 1 aliphatic rings. The number of carbonyl (C=O) groups is 2. The van der Waals surface area contributed by atoms with E-state index in [0.717, 1.165) is 5.56 Å². The number of rotatable bonds is 7. The van der Waals surface area contributed by atoms with Crippen molar-refractivity contribution in [2.75, 3.05) is 13.1 Å². The smallest absolute Gasteiger partial charge is 0.254 e. The van der Waals surface area contributed by atoms with Crippen LogP contribution in [0, 0.1) is 17.1 Å². The monoisotopic (exact) mass is 423 g/mol. The molecule has 0 radical (unpaired) electrons. The zero-order chi connectivity index (χ0) is 22.7. The maximum Gasteiger partial charge on any atom is 0.254 e. The second kappa shape index (κ2) is 9.41. The first-order valence-corrected chi connectivity index (χ1v) is 10.8. The van der Waals surface area contributed by atoms with Crippen molar-refractivity contribution < 1.29 is 14.0 Å². The Labute approximate surface area is 183 Å². The molecule has 1 heterocycles. The average molecular weight is 424 g/mol. The number of amides is 2. The SMILES string of the molecule is CCNC(=O)c1ccc(-c2ccc3c(c2)CCN([C@H](C)CC(=N)C(C)C)C3=O)c(F)c1. The summed E-state index contributed by atoms with van der Waals surface area (Å²) < 4.78 is 14.7. The van der Waals surface area contributed by atoms with E-state index in [4.69, 9.17) is 5.41 Å². The van der Waals surface area contributed by atoms with Gasteiger partial charge in [-0.1, -0.05) is 32.0 Å². The van der Waals surface area contributed by atoms with Gasteiger partial charge in [-0.25, -0.2) is 4.39 Å². The van der Waals surface area contributed by atoms with Crippen LogP contribution < -0.4 is 5.32 Å². The third-order valence-corrected chi connectivity index (χ3v) is 5.84. The number of hydrogen-bond donors (Lipinski definition) is 2. The zero-order valence-corrected chi connectivity index (χ0v) is 18.6. The second-order valence-electron chi connectivity index (χ2n) is 8.41. The minimum absolute atomic E-state index is 0.0329. The fourth-order valence-electron chi connectivity index (χ4n) is 3.91. The van der Waals surface area contributed by atoms with Crippen molar-refractivity contribution in [3.63, 3.8) is 0 Å². The highest BCUT2D eigenvalue weighted by Crippen LogP contribution is 2.29. The molecular weight excluding hydrogens is 393 g/mol. The largest absolute Gasteiger partial charge is 0.352 e. The van der Waals surface area contributed by atoms with Crippen LogP contribution >= 0.6 is 0 Å².